The minimum atomic E-state index is -0.406. The molecule has 7 nitrogen and oxygen atoms in total. The number of hydrogen-bond donors (Lipinski definition) is 2. The summed E-state index contributed by atoms with van der Waals surface area (Å²) in [5, 5.41) is 18.0. The third-order valence-electron chi connectivity index (χ3n) is 4.91. The van der Waals surface area contributed by atoms with E-state index < -0.39 is 6.04 Å². The third kappa shape index (κ3) is 3.26. The lowest BCUT2D eigenvalue weighted by Gasteiger charge is -2.28. The van der Waals surface area contributed by atoms with Gasteiger partial charge in [0.25, 0.3) is 5.91 Å². The van der Waals surface area contributed by atoms with Crippen molar-refractivity contribution in [3.8, 4) is 0 Å². The molecule has 4 rings (SSSR count). The van der Waals surface area contributed by atoms with Crippen molar-refractivity contribution in [1.29, 1.82) is 0 Å². The first-order chi connectivity index (χ1) is 13.5. The predicted molar refractivity (Wildman–Crippen MR) is 108 cm³/mol. The molecule has 1 amide bonds. The fraction of sp³-hybridized carbons (Fsp3) is 0.238. The van der Waals surface area contributed by atoms with Gasteiger partial charge in [0, 0.05) is 11.4 Å². The Balaban J connectivity index is 1.75. The van der Waals surface area contributed by atoms with Crippen LogP contribution in [-0.4, -0.2) is 26.1 Å². The van der Waals surface area contributed by atoms with Crippen LogP contribution in [0.25, 0.3) is 0 Å². The molecule has 2 aromatic carbocycles. The van der Waals surface area contributed by atoms with E-state index in [4.69, 9.17) is 0 Å². The first kappa shape index (κ1) is 17.9. The number of nitrogens with zero attached hydrogens (tertiary/aromatic N) is 4. The summed E-state index contributed by atoms with van der Waals surface area (Å²) in [6.45, 7) is 6.18. The largest absolute Gasteiger partial charge is 0.326 e. The van der Waals surface area contributed by atoms with Crippen molar-refractivity contribution in [2.24, 2.45) is 0 Å². The van der Waals surface area contributed by atoms with Crippen LogP contribution in [0.4, 0.5) is 11.6 Å². The summed E-state index contributed by atoms with van der Waals surface area (Å²) in [6.07, 6.45) is 0. The van der Waals surface area contributed by atoms with E-state index in [0.29, 0.717) is 17.4 Å². The number of anilines is 2. The molecule has 2 N–H and O–H groups in total. The molecule has 0 unspecified atom stereocenters. The molecular weight excluding hydrogens is 352 g/mol. The maximum absolute atomic E-state index is 13.2. The van der Waals surface area contributed by atoms with Gasteiger partial charge in [0.05, 0.1) is 5.57 Å². The van der Waals surface area contributed by atoms with Crippen LogP contribution in [0.3, 0.4) is 0 Å². The second-order valence-corrected chi connectivity index (χ2v) is 7.15. The fourth-order valence-electron chi connectivity index (χ4n) is 3.40. The Bertz CT molecular complexity index is 1020. The Morgan fingerprint density at radius 3 is 2.50 bits per heavy atom. The van der Waals surface area contributed by atoms with Crippen LogP contribution < -0.4 is 10.6 Å². The summed E-state index contributed by atoms with van der Waals surface area (Å²) in [5.41, 5.74) is 4.25. The van der Waals surface area contributed by atoms with E-state index in [-0.39, 0.29) is 5.91 Å². The maximum Gasteiger partial charge on any atom is 0.255 e. The first-order valence-electron chi connectivity index (χ1n) is 9.26. The number of rotatable bonds is 4. The first-order valence-corrected chi connectivity index (χ1v) is 9.26. The average Bonchev–Trinajstić information content (AvgIpc) is 3.15. The second kappa shape index (κ2) is 7.26. The lowest BCUT2D eigenvalue weighted by atomic mass is 9.93. The van der Waals surface area contributed by atoms with Crippen LogP contribution in [0, 0.1) is 0 Å². The summed E-state index contributed by atoms with van der Waals surface area (Å²) in [4.78, 5) is 13.2. The predicted octanol–water partition coefficient (Wildman–Crippen LogP) is 3.72. The van der Waals surface area contributed by atoms with Gasteiger partial charge in [0.2, 0.25) is 5.95 Å². The van der Waals surface area contributed by atoms with Crippen molar-refractivity contribution in [2.75, 3.05) is 10.6 Å². The van der Waals surface area contributed by atoms with Gasteiger partial charge in [0.1, 0.15) is 6.04 Å². The number of carbonyl (C=O) groups excluding carboxylic acids is 1. The van der Waals surface area contributed by atoms with Gasteiger partial charge in [-0.3, -0.25) is 4.79 Å². The number of carbonyl (C=O) groups is 1. The van der Waals surface area contributed by atoms with Crippen LogP contribution in [0.15, 0.2) is 65.9 Å². The molecule has 1 aliphatic rings. The summed E-state index contributed by atoms with van der Waals surface area (Å²) in [6, 6.07) is 17.3. The van der Waals surface area contributed by atoms with Crippen molar-refractivity contribution in [2.45, 2.75) is 32.7 Å². The topological polar surface area (TPSA) is 84.7 Å². The summed E-state index contributed by atoms with van der Waals surface area (Å²) < 4.78 is 1.65. The Kier molecular flexibility index (Phi) is 4.65. The standard InChI is InChI=1S/C21H22N6O/c1-13(2)15-9-11-16(12-10-15)19-18(14(3)22-21-24-25-26-27(19)21)20(28)23-17-7-5-4-6-8-17/h4-13,19H,1-3H3,(H,23,28)(H,22,24,26)/t19-/m1/s1. The summed E-state index contributed by atoms with van der Waals surface area (Å²) in [5.74, 6) is 0.769. The Labute approximate surface area is 163 Å². The van der Waals surface area contributed by atoms with Gasteiger partial charge in [0.15, 0.2) is 0 Å². The molecule has 142 valence electrons. The molecule has 0 radical (unpaired) electrons. The molecule has 7 heteroatoms. The molecule has 1 aromatic heterocycles. The van der Waals surface area contributed by atoms with E-state index in [1.165, 1.54) is 5.56 Å². The van der Waals surface area contributed by atoms with Gasteiger partial charge in [-0.15, -0.1) is 0 Å². The Morgan fingerprint density at radius 2 is 1.82 bits per heavy atom. The summed E-state index contributed by atoms with van der Waals surface area (Å²) in [7, 11) is 0. The molecule has 2 heterocycles. The number of allylic oxidation sites excluding steroid dienone is 1. The SMILES string of the molecule is CC1=C(C(=O)Nc2ccccc2)[C@@H](c2ccc(C(C)C)cc2)n2nnnc2N1. The molecule has 0 spiro atoms. The number of amides is 1. The lowest BCUT2D eigenvalue weighted by molar-refractivity contribution is -0.113. The molecule has 1 aliphatic heterocycles. The van der Waals surface area contributed by atoms with Gasteiger partial charge in [-0.1, -0.05) is 61.4 Å². The molecule has 28 heavy (non-hydrogen) atoms. The van der Waals surface area contributed by atoms with Gasteiger partial charge in [-0.2, -0.15) is 4.68 Å². The molecule has 0 aliphatic carbocycles. The highest BCUT2D eigenvalue weighted by Crippen LogP contribution is 2.35. The third-order valence-corrected chi connectivity index (χ3v) is 4.91. The molecular formula is C21H22N6O. The number of para-hydroxylation sites is 1. The van der Waals surface area contributed by atoms with Crippen molar-refractivity contribution >= 4 is 17.5 Å². The molecule has 0 bridgehead atoms. The van der Waals surface area contributed by atoms with E-state index in [1.807, 2.05) is 49.4 Å². The zero-order valence-corrected chi connectivity index (χ0v) is 16.0. The highest BCUT2D eigenvalue weighted by Gasteiger charge is 2.34. The molecule has 1 atom stereocenters. The van der Waals surface area contributed by atoms with Gasteiger partial charge in [-0.05, 0) is 46.5 Å². The van der Waals surface area contributed by atoms with Gasteiger partial charge < -0.3 is 10.6 Å². The average molecular weight is 374 g/mol. The number of aromatic nitrogens is 4. The van der Waals surface area contributed by atoms with Crippen LogP contribution in [0.2, 0.25) is 0 Å². The molecule has 0 fully saturated rings. The fourth-order valence-corrected chi connectivity index (χ4v) is 3.40. The lowest BCUT2D eigenvalue weighted by Crippen LogP contribution is -2.31. The zero-order chi connectivity index (χ0) is 19.7. The van der Waals surface area contributed by atoms with Crippen molar-refractivity contribution in [3.63, 3.8) is 0 Å². The van der Waals surface area contributed by atoms with Crippen LogP contribution in [0.5, 0.6) is 0 Å². The summed E-state index contributed by atoms with van der Waals surface area (Å²) >= 11 is 0. The van der Waals surface area contributed by atoms with Crippen molar-refractivity contribution in [3.05, 3.63) is 77.0 Å². The van der Waals surface area contributed by atoms with Crippen molar-refractivity contribution in [1.82, 2.24) is 20.2 Å². The normalized spacial score (nSPS) is 15.9. The van der Waals surface area contributed by atoms with Gasteiger partial charge in [-0.25, -0.2) is 0 Å². The number of tetrazole rings is 1. The van der Waals surface area contributed by atoms with E-state index in [0.717, 1.165) is 16.9 Å². The number of hydrogen-bond acceptors (Lipinski definition) is 5. The highest BCUT2D eigenvalue weighted by molar-refractivity contribution is 6.05. The molecule has 0 saturated heterocycles. The van der Waals surface area contributed by atoms with Crippen molar-refractivity contribution < 1.29 is 4.79 Å². The van der Waals surface area contributed by atoms with E-state index >= 15 is 0 Å². The highest BCUT2D eigenvalue weighted by atomic mass is 16.1. The zero-order valence-electron chi connectivity index (χ0n) is 16.0. The minimum Gasteiger partial charge on any atom is -0.326 e. The quantitative estimate of drug-likeness (QED) is 0.727. The molecule has 3 aromatic rings. The van der Waals surface area contributed by atoms with Crippen LogP contribution in [-0.2, 0) is 4.79 Å². The maximum atomic E-state index is 13.2. The smallest absolute Gasteiger partial charge is 0.255 e. The van der Waals surface area contributed by atoms with Gasteiger partial charge >= 0.3 is 0 Å². The number of fused-ring (bicyclic) bond motifs is 1. The Morgan fingerprint density at radius 1 is 1.11 bits per heavy atom. The Hall–Kier alpha value is -3.48. The van der Waals surface area contributed by atoms with E-state index in [1.54, 1.807) is 4.68 Å². The van der Waals surface area contributed by atoms with Crippen LogP contribution in [0.1, 0.15) is 43.9 Å². The number of nitrogens with one attached hydrogen (secondary N) is 2. The van der Waals surface area contributed by atoms with E-state index in [9.17, 15) is 4.79 Å². The number of benzene rings is 2. The van der Waals surface area contributed by atoms with E-state index in [2.05, 4.69) is 52.1 Å². The van der Waals surface area contributed by atoms with Crippen LogP contribution >= 0.6 is 0 Å². The second-order valence-electron chi connectivity index (χ2n) is 7.15. The molecule has 0 saturated carbocycles. The monoisotopic (exact) mass is 374 g/mol. The minimum absolute atomic E-state index is 0.185.